The summed E-state index contributed by atoms with van der Waals surface area (Å²) < 4.78 is 13.5. The molecule has 2 aromatic rings. The highest BCUT2D eigenvalue weighted by atomic mass is 32.1. The summed E-state index contributed by atoms with van der Waals surface area (Å²) in [7, 11) is 5.64. The fraction of sp³-hybridized carbons (Fsp3) is 0.357. The number of nitrogens with one attached hydrogen (secondary N) is 1. The van der Waals surface area contributed by atoms with Gasteiger partial charge in [0.05, 0.1) is 11.6 Å². The van der Waals surface area contributed by atoms with Crippen molar-refractivity contribution in [2.45, 2.75) is 26.2 Å². The average Bonchev–Trinajstić information content (AvgIpc) is 3.40. The molecular weight excluding hydrogens is 531 g/mol. The Hall–Kier alpha value is -4.37. The molecule has 2 N–H and O–H groups in total. The first-order valence-electron chi connectivity index (χ1n) is 12.8. The number of nitrogens with zero attached hydrogens (tertiary/aromatic N) is 7. The number of hydrogen-bond donors (Lipinski definition) is 2. The lowest BCUT2D eigenvalue weighted by Gasteiger charge is -2.41. The first-order valence-corrected chi connectivity index (χ1v) is 13.6. The molecule has 1 aromatic heterocycles. The number of likely N-dealkylation sites (tertiary alicyclic amines) is 1. The quantitative estimate of drug-likeness (QED) is 0.241. The maximum absolute atomic E-state index is 13.5. The van der Waals surface area contributed by atoms with Gasteiger partial charge < -0.3 is 20.2 Å². The lowest BCUT2D eigenvalue weighted by atomic mass is 9.97. The molecule has 1 fully saturated rings. The SMILES string of the molecule is C=C/N=C(/N1CCC(C(=O)O)CC1)N(C)N(C)/C(CC)=C(\NC=C)N(C)c1nc(-c2ccc(F)cc2)c(C#N)s1. The number of rotatable bonds is 10. The van der Waals surface area contributed by atoms with Crippen molar-refractivity contribution in [3.8, 4) is 17.3 Å². The van der Waals surface area contributed by atoms with E-state index >= 15 is 0 Å². The molecule has 40 heavy (non-hydrogen) atoms. The van der Waals surface area contributed by atoms with Crippen LogP contribution in [0.2, 0.25) is 0 Å². The molecule has 0 unspecified atom stereocenters. The van der Waals surface area contributed by atoms with Crippen LogP contribution in [-0.4, -0.2) is 71.2 Å². The number of hydrogen-bond acceptors (Lipinski definition) is 8. The normalized spacial score (nSPS) is 14.6. The summed E-state index contributed by atoms with van der Waals surface area (Å²) >= 11 is 1.23. The Morgan fingerprint density at radius 1 is 1.27 bits per heavy atom. The second-order valence-corrected chi connectivity index (χ2v) is 10.1. The minimum atomic E-state index is -0.768. The molecule has 0 atom stereocenters. The van der Waals surface area contributed by atoms with Gasteiger partial charge in [0.15, 0.2) is 5.13 Å². The number of nitriles is 1. The van der Waals surface area contributed by atoms with Crippen LogP contribution in [0.1, 0.15) is 31.1 Å². The molecular formula is C28H35FN8O2S. The molecule has 12 heteroatoms. The number of benzene rings is 1. The van der Waals surface area contributed by atoms with E-state index in [0.717, 1.165) is 5.70 Å². The summed E-state index contributed by atoms with van der Waals surface area (Å²) in [5.41, 5.74) is 2.01. The molecule has 1 saturated heterocycles. The molecule has 3 rings (SSSR count). The van der Waals surface area contributed by atoms with Crippen LogP contribution in [0.15, 0.2) is 66.3 Å². The van der Waals surface area contributed by atoms with Crippen molar-refractivity contribution in [3.05, 3.63) is 72.0 Å². The highest BCUT2D eigenvalue weighted by Gasteiger charge is 2.29. The molecule has 212 valence electrons. The van der Waals surface area contributed by atoms with Crippen LogP contribution < -0.4 is 10.2 Å². The molecule has 10 nitrogen and oxygen atoms in total. The van der Waals surface area contributed by atoms with Crippen LogP contribution in [0.3, 0.4) is 0 Å². The topological polar surface area (TPSA) is 111 Å². The minimum Gasteiger partial charge on any atom is -0.481 e. The molecule has 1 aliphatic rings. The van der Waals surface area contributed by atoms with Gasteiger partial charge in [0, 0.05) is 46.0 Å². The molecule has 0 aliphatic carbocycles. The van der Waals surface area contributed by atoms with E-state index in [-0.39, 0.29) is 11.7 Å². The first kappa shape index (κ1) is 30.2. The number of piperidine rings is 1. The van der Waals surface area contributed by atoms with Gasteiger partial charge in [-0.25, -0.2) is 14.4 Å². The van der Waals surface area contributed by atoms with E-state index in [1.165, 1.54) is 29.7 Å². The summed E-state index contributed by atoms with van der Waals surface area (Å²) in [6.45, 7) is 10.8. The smallest absolute Gasteiger partial charge is 0.306 e. The number of carboxylic acids is 1. The van der Waals surface area contributed by atoms with Crippen molar-refractivity contribution in [3.63, 3.8) is 0 Å². The monoisotopic (exact) mass is 566 g/mol. The number of aromatic nitrogens is 1. The lowest BCUT2D eigenvalue weighted by Crippen LogP contribution is -2.52. The molecule has 0 bridgehead atoms. The third kappa shape index (κ3) is 6.60. The number of aliphatic carboxylic acids is 1. The number of thiazole rings is 1. The van der Waals surface area contributed by atoms with Gasteiger partial charge in [-0.2, -0.15) is 5.26 Å². The summed E-state index contributed by atoms with van der Waals surface area (Å²) in [6.07, 6.45) is 4.74. The van der Waals surface area contributed by atoms with E-state index in [0.29, 0.717) is 65.4 Å². The fourth-order valence-electron chi connectivity index (χ4n) is 4.54. The lowest BCUT2D eigenvalue weighted by molar-refractivity contribution is -0.143. The van der Waals surface area contributed by atoms with Crippen molar-refractivity contribution in [2.24, 2.45) is 10.9 Å². The van der Waals surface area contributed by atoms with Crippen LogP contribution >= 0.6 is 11.3 Å². The Bertz CT molecular complexity index is 1320. The van der Waals surface area contributed by atoms with Gasteiger partial charge in [0.1, 0.15) is 28.3 Å². The Labute approximate surface area is 238 Å². The molecule has 0 spiro atoms. The fourth-order valence-corrected chi connectivity index (χ4v) is 5.39. The number of anilines is 1. The predicted molar refractivity (Wildman–Crippen MR) is 156 cm³/mol. The van der Waals surface area contributed by atoms with Gasteiger partial charge in [-0.15, -0.1) is 0 Å². The molecule has 0 radical (unpaired) electrons. The van der Waals surface area contributed by atoms with Crippen molar-refractivity contribution < 1.29 is 14.3 Å². The van der Waals surface area contributed by atoms with Crippen molar-refractivity contribution in [1.29, 1.82) is 5.26 Å². The van der Waals surface area contributed by atoms with Gasteiger partial charge in [0.25, 0.3) is 0 Å². The Morgan fingerprint density at radius 2 is 1.93 bits per heavy atom. The highest BCUT2D eigenvalue weighted by Crippen LogP contribution is 2.34. The zero-order chi connectivity index (χ0) is 29.4. The third-order valence-corrected chi connectivity index (χ3v) is 7.80. The number of carbonyl (C=O) groups is 1. The predicted octanol–water partition coefficient (Wildman–Crippen LogP) is 4.64. The zero-order valence-electron chi connectivity index (χ0n) is 23.3. The van der Waals surface area contributed by atoms with Crippen molar-refractivity contribution >= 4 is 28.4 Å². The van der Waals surface area contributed by atoms with Gasteiger partial charge in [-0.05, 0) is 49.7 Å². The standard InChI is InChI=1S/C28H35FN8O2S/c1-7-22(35(5)36(6)27(32-9-3)37-16-14-20(15-17-37)26(38)39)25(31-8-2)34(4)28-33-24(23(18-30)40-28)19-10-12-21(29)13-11-19/h8-13,20,31H,2-3,7,14-17H2,1,4-6H3,(H,38,39)/b25-22+,32-27+. The molecule has 1 aromatic carbocycles. The maximum atomic E-state index is 13.5. The van der Waals surface area contributed by atoms with Gasteiger partial charge in [0.2, 0.25) is 5.96 Å². The number of aliphatic imine (C=N–C) groups is 1. The second kappa shape index (κ2) is 13.6. The van der Waals surface area contributed by atoms with E-state index in [1.54, 1.807) is 18.3 Å². The number of hydrazine groups is 1. The molecule has 0 saturated carbocycles. The second-order valence-electron chi connectivity index (χ2n) is 9.11. The van der Waals surface area contributed by atoms with E-state index in [2.05, 4.69) is 34.4 Å². The van der Waals surface area contributed by atoms with Gasteiger partial charge in [-0.3, -0.25) is 14.8 Å². The van der Waals surface area contributed by atoms with Crippen LogP contribution in [0.4, 0.5) is 9.52 Å². The van der Waals surface area contributed by atoms with E-state index in [1.807, 2.05) is 43.0 Å². The first-order chi connectivity index (χ1) is 19.2. The molecule has 1 aliphatic heterocycles. The average molecular weight is 567 g/mol. The van der Waals surface area contributed by atoms with Crippen LogP contribution in [0, 0.1) is 23.1 Å². The minimum absolute atomic E-state index is 0.358. The molecule has 0 amide bonds. The number of allylic oxidation sites excluding steroid dienone is 1. The Balaban J connectivity index is 1.96. The van der Waals surface area contributed by atoms with Crippen molar-refractivity contribution in [1.82, 2.24) is 25.2 Å². The molecule has 2 heterocycles. The third-order valence-electron chi connectivity index (χ3n) is 6.77. The summed E-state index contributed by atoms with van der Waals surface area (Å²) in [5, 5.41) is 26.8. The number of halogens is 1. The number of guanidine groups is 1. The van der Waals surface area contributed by atoms with Gasteiger partial charge >= 0.3 is 5.97 Å². The zero-order valence-corrected chi connectivity index (χ0v) is 24.1. The Kier molecular flexibility index (Phi) is 10.3. The Morgan fingerprint density at radius 3 is 2.45 bits per heavy atom. The van der Waals surface area contributed by atoms with E-state index < -0.39 is 5.97 Å². The summed E-state index contributed by atoms with van der Waals surface area (Å²) in [4.78, 5) is 25.0. The van der Waals surface area contributed by atoms with Crippen LogP contribution in [0.5, 0.6) is 0 Å². The van der Waals surface area contributed by atoms with Crippen LogP contribution in [-0.2, 0) is 4.79 Å². The van der Waals surface area contributed by atoms with E-state index in [4.69, 9.17) is 4.98 Å². The largest absolute Gasteiger partial charge is 0.481 e. The van der Waals surface area contributed by atoms with Crippen molar-refractivity contribution in [2.75, 3.05) is 39.1 Å². The highest BCUT2D eigenvalue weighted by molar-refractivity contribution is 7.16. The summed E-state index contributed by atoms with van der Waals surface area (Å²) in [6, 6.07) is 8.10. The summed E-state index contributed by atoms with van der Waals surface area (Å²) in [5.74, 6) is -0.147. The number of carboxylic acid groups (broad SMARTS) is 1. The van der Waals surface area contributed by atoms with Gasteiger partial charge in [-0.1, -0.05) is 31.4 Å². The maximum Gasteiger partial charge on any atom is 0.306 e. The van der Waals surface area contributed by atoms with Crippen LogP contribution in [0.25, 0.3) is 11.3 Å². The van der Waals surface area contributed by atoms with E-state index in [9.17, 15) is 19.6 Å².